The van der Waals surface area contributed by atoms with E-state index in [4.69, 9.17) is 16.3 Å². The van der Waals surface area contributed by atoms with Crippen LogP contribution in [0.2, 0.25) is 5.02 Å². The fourth-order valence-electron chi connectivity index (χ4n) is 2.67. The van der Waals surface area contributed by atoms with Crippen LogP contribution >= 0.6 is 11.6 Å². The number of anilines is 1. The highest BCUT2D eigenvalue weighted by Crippen LogP contribution is 2.18. The lowest BCUT2D eigenvalue weighted by Crippen LogP contribution is -2.09. The van der Waals surface area contributed by atoms with Crippen molar-refractivity contribution in [3.63, 3.8) is 0 Å². The van der Waals surface area contributed by atoms with E-state index in [1.807, 2.05) is 80.6 Å². The number of hydrogen-bond acceptors (Lipinski definition) is 2. The summed E-state index contributed by atoms with van der Waals surface area (Å²) >= 11 is 5.90. The molecule has 3 aromatic carbocycles. The van der Waals surface area contributed by atoms with Crippen LogP contribution in [0.15, 0.2) is 72.8 Å². The van der Waals surface area contributed by atoms with Crippen LogP contribution in [0.3, 0.4) is 0 Å². The molecule has 1 N–H and O–H groups in total. The van der Waals surface area contributed by atoms with Crippen molar-refractivity contribution in [2.75, 3.05) is 5.32 Å². The number of amides is 1. The minimum Gasteiger partial charge on any atom is -0.489 e. The van der Waals surface area contributed by atoms with Crippen LogP contribution in [0.1, 0.15) is 22.3 Å². The summed E-state index contributed by atoms with van der Waals surface area (Å²) in [6.07, 6.45) is 3.30. The predicted molar refractivity (Wildman–Crippen MR) is 116 cm³/mol. The van der Waals surface area contributed by atoms with Crippen LogP contribution in [0.5, 0.6) is 5.75 Å². The van der Waals surface area contributed by atoms with Crippen LogP contribution in [-0.2, 0) is 11.4 Å². The molecule has 0 heterocycles. The Labute approximate surface area is 170 Å². The molecule has 0 saturated carbocycles. The minimum atomic E-state index is -0.166. The Kier molecular flexibility index (Phi) is 6.51. The number of nitrogens with one attached hydrogen (secondary N) is 1. The van der Waals surface area contributed by atoms with E-state index in [2.05, 4.69) is 5.32 Å². The first kappa shape index (κ1) is 19.7. The van der Waals surface area contributed by atoms with Gasteiger partial charge >= 0.3 is 0 Å². The van der Waals surface area contributed by atoms with Crippen molar-refractivity contribution in [3.05, 3.63) is 100 Å². The van der Waals surface area contributed by atoms with E-state index in [1.165, 1.54) is 6.08 Å². The fraction of sp³-hybridized carbons (Fsp3) is 0.125. The number of halogens is 1. The number of rotatable bonds is 6. The van der Waals surface area contributed by atoms with E-state index >= 15 is 0 Å². The highest BCUT2D eigenvalue weighted by Gasteiger charge is 2.02. The molecule has 1 amide bonds. The van der Waals surface area contributed by atoms with Gasteiger partial charge in [-0.15, -0.1) is 0 Å². The number of benzene rings is 3. The Morgan fingerprint density at radius 2 is 1.82 bits per heavy atom. The molecule has 0 aliphatic carbocycles. The molecule has 0 atom stereocenters. The highest BCUT2D eigenvalue weighted by atomic mass is 35.5. The summed E-state index contributed by atoms with van der Waals surface area (Å²) in [5, 5.41) is 3.62. The lowest BCUT2D eigenvalue weighted by atomic mass is 10.1. The van der Waals surface area contributed by atoms with Gasteiger partial charge in [-0.25, -0.2) is 0 Å². The Morgan fingerprint density at radius 3 is 2.61 bits per heavy atom. The molecule has 0 spiro atoms. The zero-order valence-corrected chi connectivity index (χ0v) is 16.7. The van der Waals surface area contributed by atoms with Crippen LogP contribution in [0.4, 0.5) is 5.69 Å². The summed E-state index contributed by atoms with van der Waals surface area (Å²) in [6, 6.07) is 21.2. The fourth-order valence-corrected chi connectivity index (χ4v) is 2.80. The molecule has 0 aliphatic heterocycles. The Balaban J connectivity index is 1.60. The maximum atomic E-state index is 12.2. The molecule has 3 nitrogen and oxygen atoms in total. The zero-order valence-electron chi connectivity index (χ0n) is 15.9. The van der Waals surface area contributed by atoms with E-state index in [-0.39, 0.29) is 5.91 Å². The SMILES string of the molecule is Cc1ccc(C)c(NC(=O)/C=C/c2cccc(OCc3ccc(Cl)cc3)c2)c1. The highest BCUT2D eigenvalue weighted by molar-refractivity contribution is 6.30. The van der Waals surface area contributed by atoms with Gasteiger partial charge in [-0.1, -0.05) is 48.0 Å². The second kappa shape index (κ2) is 9.25. The van der Waals surface area contributed by atoms with Gasteiger partial charge in [0.1, 0.15) is 12.4 Å². The van der Waals surface area contributed by atoms with Crippen molar-refractivity contribution < 1.29 is 9.53 Å². The first-order valence-electron chi connectivity index (χ1n) is 9.03. The van der Waals surface area contributed by atoms with Crippen LogP contribution in [0.25, 0.3) is 6.08 Å². The molecule has 3 aromatic rings. The summed E-state index contributed by atoms with van der Waals surface area (Å²) in [4.78, 5) is 12.2. The van der Waals surface area contributed by atoms with E-state index in [0.29, 0.717) is 11.6 Å². The number of aryl methyl sites for hydroxylation is 2. The number of carbonyl (C=O) groups is 1. The van der Waals surface area contributed by atoms with E-state index < -0.39 is 0 Å². The van der Waals surface area contributed by atoms with E-state index in [9.17, 15) is 4.79 Å². The van der Waals surface area contributed by atoms with Crippen LogP contribution in [-0.4, -0.2) is 5.91 Å². The van der Waals surface area contributed by atoms with Crippen molar-refractivity contribution in [2.45, 2.75) is 20.5 Å². The van der Waals surface area contributed by atoms with Crippen LogP contribution in [0, 0.1) is 13.8 Å². The average Bonchev–Trinajstić information content (AvgIpc) is 2.69. The topological polar surface area (TPSA) is 38.3 Å². The van der Waals surface area contributed by atoms with Gasteiger partial charge in [0.25, 0.3) is 0 Å². The van der Waals surface area contributed by atoms with Gasteiger partial charge in [-0.05, 0) is 72.5 Å². The molecule has 3 rings (SSSR count). The number of carbonyl (C=O) groups excluding carboxylic acids is 1. The molecule has 0 unspecified atom stereocenters. The van der Waals surface area contributed by atoms with Gasteiger partial charge in [0.05, 0.1) is 0 Å². The van der Waals surface area contributed by atoms with Gasteiger partial charge in [0.2, 0.25) is 5.91 Å². The second-order valence-corrected chi connectivity index (χ2v) is 7.07. The number of ether oxygens (including phenoxy) is 1. The maximum Gasteiger partial charge on any atom is 0.248 e. The molecule has 142 valence electrons. The molecule has 0 aromatic heterocycles. The summed E-state index contributed by atoms with van der Waals surface area (Å²) in [7, 11) is 0. The van der Waals surface area contributed by atoms with Crippen molar-refractivity contribution in [1.82, 2.24) is 0 Å². The number of hydrogen-bond donors (Lipinski definition) is 1. The third-order valence-corrected chi connectivity index (χ3v) is 4.51. The smallest absolute Gasteiger partial charge is 0.248 e. The quantitative estimate of drug-likeness (QED) is 0.509. The van der Waals surface area contributed by atoms with Crippen molar-refractivity contribution in [3.8, 4) is 5.75 Å². The predicted octanol–water partition coefficient (Wildman–Crippen LogP) is 6.19. The third-order valence-electron chi connectivity index (χ3n) is 4.25. The van der Waals surface area contributed by atoms with Crippen molar-refractivity contribution in [1.29, 1.82) is 0 Å². The Morgan fingerprint density at radius 1 is 1.04 bits per heavy atom. The third kappa shape index (κ3) is 5.73. The summed E-state index contributed by atoms with van der Waals surface area (Å²) in [6.45, 7) is 4.43. The van der Waals surface area contributed by atoms with Gasteiger partial charge < -0.3 is 10.1 Å². The van der Waals surface area contributed by atoms with E-state index in [1.54, 1.807) is 6.08 Å². The summed E-state index contributed by atoms with van der Waals surface area (Å²) in [5.41, 5.74) is 4.90. The summed E-state index contributed by atoms with van der Waals surface area (Å²) in [5.74, 6) is 0.577. The summed E-state index contributed by atoms with van der Waals surface area (Å²) < 4.78 is 5.83. The van der Waals surface area contributed by atoms with Gasteiger partial charge in [0.15, 0.2) is 0 Å². The molecular weight excluding hydrogens is 370 g/mol. The first-order chi connectivity index (χ1) is 13.5. The minimum absolute atomic E-state index is 0.166. The maximum absolute atomic E-state index is 12.2. The van der Waals surface area contributed by atoms with Gasteiger partial charge in [-0.2, -0.15) is 0 Å². The zero-order chi connectivity index (χ0) is 19.9. The molecule has 0 fully saturated rings. The standard InChI is InChI=1S/C24H22ClNO2/c1-17-6-7-18(2)23(14-17)26-24(27)13-10-19-4-3-5-22(15-19)28-16-20-8-11-21(25)12-9-20/h3-15H,16H2,1-2H3,(H,26,27)/b13-10+. The molecule has 0 radical (unpaired) electrons. The van der Waals surface area contributed by atoms with Crippen LogP contribution < -0.4 is 10.1 Å². The van der Waals surface area contributed by atoms with Crippen molar-refractivity contribution >= 4 is 29.3 Å². The second-order valence-electron chi connectivity index (χ2n) is 6.63. The largest absolute Gasteiger partial charge is 0.489 e. The molecule has 4 heteroatoms. The molecule has 28 heavy (non-hydrogen) atoms. The first-order valence-corrected chi connectivity index (χ1v) is 9.41. The average molecular weight is 392 g/mol. The Hall–Kier alpha value is -3.04. The monoisotopic (exact) mass is 391 g/mol. The molecule has 0 bridgehead atoms. The lowest BCUT2D eigenvalue weighted by Gasteiger charge is -2.08. The van der Waals surface area contributed by atoms with Gasteiger partial charge in [-0.3, -0.25) is 4.79 Å². The van der Waals surface area contributed by atoms with Gasteiger partial charge in [0, 0.05) is 16.8 Å². The normalized spacial score (nSPS) is 10.8. The molecular formula is C24H22ClNO2. The molecule has 0 aliphatic rings. The van der Waals surface area contributed by atoms with Crippen molar-refractivity contribution in [2.24, 2.45) is 0 Å². The lowest BCUT2D eigenvalue weighted by molar-refractivity contribution is -0.111. The van der Waals surface area contributed by atoms with E-state index in [0.717, 1.165) is 33.7 Å². The Bertz CT molecular complexity index is 994. The molecule has 0 saturated heterocycles.